The van der Waals surface area contributed by atoms with Crippen LogP contribution in [0.4, 0.5) is 18.9 Å². The third-order valence-electron chi connectivity index (χ3n) is 4.65. The van der Waals surface area contributed by atoms with Gasteiger partial charge in [0.15, 0.2) is 0 Å². The molecule has 0 spiro atoms. The normalized spacial score (nSPS) is 18.6. The third kappa shape index (κ3) is 4.94. The molecular weight excluding hydrogens is 439 g/mol. The smallest absolute Gasteiger partial charge is 0.420 e. The number of hydrogen-bond acceptors (Lipinski definition) is 5. The van der Waals surface area contributed by atoms with Gasteiger partial charge < -0.3 is 19.5 Å². The molecule has 0 unspecified atom stereocenters. The van der Waals surface area contributed by atoms with Crippen LogP contribution in [0.1, 0.15) is 36.1 Å². The second-order valence-corrected chi connectivity index (χ2v) is 7.09. The molecule has 6 nitrogen and oxygen atoms in total. The Labute approximate surface area is 181 Å². The molecule has 2 atom stereocenters. The number of esters is 1. The average Bonchev–Trinajstić information content (AvgIpc) is 2.83. The quantitative estimate of drug-likeness (QED) is 0.656. The number of hydrogen-bond donors (Lipinski definition) is 1. The molecule has 0 saturated heterocycles. The second kappa shape index (κ2) is 9.15. The maximum absolute atomic E-state index is 14.0. The van der Waals surface area contributed by atoms with Gasteiger partial charge in [0.1, 0.15) is 23.5 Å². The zero-order chi connectivity index (χ0) is 22.8. The topological polar surface area (TPSA) is 73.9 Å². The van der Waals surface area contributed by atoms with Crippen molar-refractivity contribution in [1.29, 1.82) is 0 Å². The summed E-state index contributed by atoms with van der Waals surface area (Å²) in [6.45, 7) is 1.68. The zero-order valence-corrected chi connectivity index (χ0v) is 17.3. The van der Waals surface area contributed by atoms with Crippen molar-refractivity contribution in [3.05, 3.63) is 58.1 Å². The van der Waals surface area contributed by atoms with Crippen LogP contribution in [0.3, 0.4) is 0 Å². The minimum atomic E-state index is -4.77. The van der Waals surface area contributed by atoms with Crippen LogP contribution in [-0.4, -0.2) is 31.7 Å². The molecule has 2 aromatic carbocycles. The van der Waals surface area contributed by atoms with E-state index >= 15 is 0 Å². The lowest BCUT2D eigenvalue weighted by Crippen LogP contribution is -2.32. The first-order valence-electron chi connectivity index (χ1n) is 9.31. The van der Waals surface area contributed by atoms with E-state index in [2.05, 4.69) is 5.32 Å². The van der Waals surface area contributed by atoms with Gasteiger partial charge in [-0.05, 0) is 31.2 Å². The maximum atomic E-state index is 14.0. The van der Waals surface area contributed by atoms with Crippen molar-refractivity contribution in [2.45, 2.75) is 31.7 Å². The minimum absolute atomic E-state index is 0.0839. The van der Waals surface area contributed by atoms with Crippen molar-refractivity contribution >= 4 is 29.2 Å². The van der Waals surface area contributed by atoms with Crippen molar-refractivity contribution in [2.24, 2.45) is 0 Å². The first kappa shape index (κ1) is 22.9. The van der Waals surface area contributed by atoms with Crippen molar-refractivity contribution in [3.63, 3.8) is 0 Å². The van der Waals surface area contributed by atoms with E-state index in [4.69, 9.17) is 25.8 Å². The number of nitrogens with one attached hydrogen (secondary N) is 1. The van der Waals surface area contributed by atoms with E-state index in [1.165, 1.54) is 36.4 Å². The number of ether oxygens (including phenoxy) is 3. The molecule has 1 aliphatic rings. The molecule has 0 bridgehead atoms. The van der Waals surface area contributed by atoms with E-state index in [1.807, 2.05) is 0 Å². The fraction of sp³-hybridized carbons (Fsp3) is 0.333. The lowest BCUT2D eigenvalue weighted by atomic mass is 9.94. The van der Waals surface area contributed by atoms with Gasteiger partial charge in [0.2, 0.25) is 0 Å². The molecule has 1 heterocycles. The Balaban J connectivity index is 2.18. The standard InChI is InChI=1S/C21H19ClF3NO5/c1-3-30-17(27)10-16-20(28)26-14-8-7-11(22)9-13(14)19(31-16)12-5-4-6-15(29-2)18(12)21(23,24)25/h4-9,16,19H,3,10H2,1-2H3,(H,26,28)/t16-,19-/m1/s1. The predicted molar refractivity (Wildman–Crippen MR) is 106 cm³/mol. The largest absolute Gasteiger partial charge is 0.496 e. The highest BCUT2D eigenvalue weighted by Crippen LogP contribution is 2.46. The first-order chi connectivity index (χ1) is 14.7. The monoisotopic (exact) mass is 457 g/mol. The number of amides is 1. The van der Waals surface area contributed by atoms with E-state index in [9.17, 15) is 22.8 Å². The molecule has 0 radical (unpaired) electrons. The van der Waals surface area contributed by atoms with Gasteiger partial charge in [-0.1, -0.05) is 23.7 Å². The third-order valence-corrected chi connectivity index (χ3v) is 4.88. The number of carbonyl (C=O) groups excluding carboxylic acids is 2. The maximum Gasteiger partial charge on any atom is 0.420 e. The van der Waals surface area contributed by atoms with Gasteiger partial charge in [-0.15, -0.1) is 0 Å². The average molecular weight is 458 g/mol. The number of carbonyl (C=O) groups is 2. The van der Waals surface area contributed by atoms with Crippen LogP contribution in [0.5, 0.6) is 5.75 Å². The Morgan fingerprint density at radius 3 is 2.61 bits per heavy atom. The molecule has 1 aliphatic heterocycles. The molecule has 10 heteroatoms. The van der Waals surface area contributed by atoms with Crippen molar-refractivity contribution in [3.8, 4) is 5.75 Å². The first-order valence-corrected chi connectivity index (χ1v) is 9.69. The highest BCUT2D eigenvalue weighted by Gasteiger charge is 2.42. The lowest BCUT2D eigenvalue weighted by molar-refractivity contribution is -0.152. The van der Waals surface area contributed by atoms with E-state index in [1.54, 1.807) is 6.92 Å². The van der Waals surface area contributed by atoms with Gasteiger partial charge in [-0.25, -0.2) is 0 Å². The Morgan fingerprint density at radius 2 is 1.97 bits per heavy atom. The van der Waals surface area contributed by atoms with Gasteiger partial charge in [0.25, 0.3) is 5.91 Å². The van der Waals surface area contributed by atoms with Crippen LogP contribution in [-0.2, 0) is 25.2 Å². The van der Waals surface area contributed by atoms with Gasteiger partial charge >= 0.3 is 12.1 Å². The number of rotatable bonds is 5. The number of fused-ring (bicyclic) bond motifs is 1. The lowest BCUT2D eigenvalue weighted by Gasteiger charge is -2.25. The van der Waals surface area contributed by atoms with Gasteiger partial charge in [-0.2, -0.15) is 13.2 Å². The second-order valence-electron chi connectivity index (χ2n) is 6.66. The van der Waals surface area contributed by atoms with E-state index in [0.29, 0.717) is 0 Å². The van der Waals surface area contributed by atoms with Gasteiger partial charge in [0, 0.05) is 21.8 Å². The van der Waals surface area contributed by atoms with Crippen LogP contribution >= 0.6 is 11.6 Å². The zero-order valence-electron chi connectivity index (χ0n) is 16.6. The molecule has 0 fully saturated rings. The molecule has 0 aliphatic carbocycles. The van der Waals surface area contributed by atoms with Crippen molar-refractivity contribution < 1.29 is 37.0 Å². The number of methoxy groups -OCH3 is 1. The van der Waals surface area contributed by atoms with Crippen LogP contribution < -0.4 is 10.1 Å². The molecule has 0 aromatic heterocycles. The van der Waals surface area contributed by atoms with Crippen LogP contribution in [0.2, 0.25) is 5.02 Å². The summed E-state index contributed by atoms with van der Waals surface area (Å²) in [5.41, 5.74) is -0.883. The summed E-state index contributed by atoms with van der Waals surface area (Å²) in [5, 5.41) is 2.83. The molecule has 2 aromatic rings. The van der Waals surface area contributed by atoms with Crippen LogP contribution in [0.25, 0.3) is 0 Å². The summed E-state index contributed by atoms with van der Waals surface area (Å²) in [7, 11) is 1.13. The number of halogens is 4. The predicted octanol–water partition coefficient (Wildman–Crippen LogP) is 4.75. The molecule has 1 amide bonds. The number of alkyl halides is 3. The Morgan fingerprint density at radius 1 is 1.23 bits per heavy atom. The molecule has 1 N–H and O–H groups in total. The summed E-state index contributed by atoms with van der Waals surface area (Å²) < 4.78 is 57.5. The van der Waals surface area contributed by atoms with Crippen molar-refractivity contribution in [2.75, 3.05) is 19.0 Å². The van der Waals surface area contributed by atoms with E-state index in [0.717, 1.165) is 7.11 Å². The summed E-state index contributed by atoms with van der Waals surface area (Å²) in [5.74, 6) is -1.80. The SMILES string of the molecule is CCOC(=O)C[C@H]1O[C@H](c2cccc(OC)c2C(F)(F)F)c2cc(Cl)ccc2NC1=O. The highest BCUT2D eigenvalue weighted by molar-refractivity contribution is 6.30. The number of benzene rings is 2. The van der Waals surface area contributed by atoms with Gasteiger partial charge in [0.05, 0.1) is 20.1 Å². The Hall–Kier alpha value is -2.78. The van der Waals surface area contributed by atoms with Crippen LogP contribution in [0.15, 0.2) is 36.4 Å². The Bertz CT molecular complexity index is 995. The van der Waals surface area contributed by atoms with Crippen LogP contribution in [0, 0.1) is 0 Å². The van der Waals surface area contributed by atoms with Crippen molar-refractivity contribution in [1.82, 2.24) is 0 Å². The van der Waals surface area contributed by atoms with E-state index in [-0.39, 0.29) is 28.4 Å². The minimum Gasteiger partial charge on any atom is -0.496 e. The molecule has 31 heavy (non-hydrogen) atoms. The molecular formula is C21H19ClF3NO5. The molecule has 3 rings (SSSR count). The summed E-state index contributed by atoms with van der Waals surface area (Å²) in [6.07, 6.45) is -7.99. The molecule has 0 saturated carbocycles. The summed E-state index contributed by atoms with van der Waals surface area (Å²) in [4.78, 5) is 24.6. The molecule has 166 valence electrons. The van der Waals surface area contributed by atoms with E-state index < -0.39 is 48.0 Å². The fourth-order valence-electron chi connectivity index (χ4n) is 3.37. The number of anilines is 1. The highest BCUT2D eigenvalue weighted by atomic mass is 35.5. The summed E-state index contributed by atoms with van der Waals surface area (Å²) in [6, 6.07) is 8.16. The Kier molecular flexibility index (Phi) is 6.76. The summed E-state index contributed by atoms with van der Waals surface area (Å²) >= 11 is 6.08. The van der Waals surface area contributed by atoms with Gasteiger partial charge in [-0.3, -0.25) is 9.59 Å². The fourth-order valence-corrected chi connectivity index (χ4v) is 3.55.